The number of hydrogen-bond acceptors (Lipinski definition) is 5. The number of benzene rings is 4. The van der Waals surface area contributed by atoms with E-state index >= 15 is 0 Å². The molecule has 0 saturated carbocycles. The molecule has 6 heteroatoms. The molecule has 5 rings (SSSR count). The summed E-state index contributed by atoms with van der Waals surface area (Å²) in [6, 6.07) is 37.1. The van der Waals surface area contributed by atoms with Crippen LogP contribution in [0.2, 0.25) is 0 Å². The van der Waals surface area contributed by atoms with Gasteiger partial charge in [0.05, 0.1) is 12.6 Å². The van der Waals surface area contributed by atoms with Crippen LogP contribution in [0.1, 0.15) is 48.1 Å². The van der Waals surface area contributed by atoms with Crippen LogP contribution in [-0.4, -0.2) is 50.2 Å². The zero-order chi connectivity index (χ0) is 29.1. The maximum Gasteiger partial charge on any atom is 0.256 e. The standard InChI is InChI=1S/C36H41N3O3/c1-3-26-41-42-27-35(29-14-8-5-9-15-29)38(2)31-22-24-39(25-23-31)32-20-18-30(19-21-32)37-36(40)34-17-11-10-16-33(34)28-12-6-4-7-13-28/h4-21,31,35H,3,22-27H2,1-2H3,(H,37,40). The van der Waals surface area contributed by atoms with E-state index < -0.39 is 0 Å². The Morgan fingerprint density at radius 3 is 2.19 bits per heavy atom. The summed E-state index contributed by atoms with van der Waals surface area (Å²) in [6.45, 7) is 5.13. The van der Waals surface area contributed by atoms with Gasteiger partial charge in [0.15, 0.2) is 0 Å². The summed E-state index contributed by atoms with van der Waals surface area (Å²) in [7, 11) is 2.20. The lowest BCUT2D eigenvalue weighted by molar-refractivity contribution is -0.302. The average molecular weight is 564 g/mol. The highest BCUT2D eigenvalue weighted by atomic mass is 17.2. The Hall–Kier alpha value is -3.97. The molecule has 42 heavy (non-hydrogen) atoms. The lowest BCUT2D eigenvalue weighted by atomic mass is 9.98. The Morgan fingerprint density at radius 1 is 0.857 bits per heavy atom. The highest BCUT2D eigenvalue weighted by molar-refractivity contribution is 6.08. The van der Waals surface area contributed by atoms with Gasteiger partial charge in [-0.2, -0.15) is 0 Å². The molecule has 4 aromatic carbocycles. The predicted octanol–water partition coefficient (Wildman–Crippen LogP) is 7.61. The number of carbonyl (C=O) groups is 1. The number of carbonyl (C=O) groups excluding carboxylic acids is 1. The average Bonchev–Trinajstić information content (AvgIpc) is 3.06. The van der Waals surface area contributed by atoms with Crippen LogP contribution in [0.15, 0.2) is 109 Å². The van der Waals surface area contributed by atoms with E-state index in [0.29, 0.717) is 24.8 Å². The number of rotatable bonds is 12. The molecule has 1 aliphatic rings. The number of piperidine rings is 1. The molecule has 6 nitrogen and oxygen atoms in total. The van der Waals surface area contributed by atoms with Crippen LogP contribution < -0.4 is 10.2 Å². The zero-order valence-electron chi connectivity index (χ0n) is 24.6. The third-order valence-corrected chi connectivity index (χ3v) is 8.06. The van der Waals surface area contributed by atoms with Gasteiger partial charge in [0.25, 0.3) is 5.91 Å². The molecule has 0 spiro atoms. The van der Waals surface area contributed by atoms with Crippen molar-refractivity contribution in [3.05, 3.63) is 120 Å². The third-order valence-electron chi connectivity index (χ3n) is 8.06. The second-order valence-electron chi connectivity index (χ2n) is 10.8. The number of amides is 1. The smallest absolute Gasteiger partial charge is 0.256 e. The van der Waals surface area contributed by atoms with Crippen molar-refractivity contribution in [1.29, 1.82) is 0 Å². The summed E-state index contributed by atoms with van der Waals surface area (Å²) in [6.07, 6.45) is 3.05. The van der Waals surface area contributed by atoms with Gasteiger partial charge in [-0.3, -0.25) is 9.69 Å². The molecule has 1 saturated heterocycles. The van der Waals surface area contributed by atoms with Gasteiger partial charge >= 0.3 is 0 Å². The van der Waals surface area contributed by atoms with Crippen molar-refractivity contribution in [3.8, 4) is 11.1 Å². The molecule has 0 aliphatic carbocycles. The van der Waals surface area contributed by atoms with E-state index in [-0.39, 0.29) is 11.9 Å². The van der Waals surface area contributed by atoms with Crippen molar-refractivity contribution in [2.75, 3.05) is 43.6 Å². The second-order valence-corrected chi connectivity index (χ2v) is 10.8. The van der Waals surface area contributed by atoms with Crippen molar-refractivity contribution in [2.45, 2.75) is 38.3 Å². The monoisotopic (exact) mass is 563 g/mol. The van der Waals surface area contributed by atoms with E-state index in [1.807, 2.05) is 72.8 Å². The first-order chi connectivity index (χ1) is 20.6. The largest absolute Gasteiger partial charge is 0.371 e. The van der Waals surface area contributed by atoms with Crippen LogP contribution in [0.4, 0.5) is 11.4 Å². The van der Waals surface area contributed by atoms with E-state index in [1.165, 1.54) is 11.3 Å². The van der Waals surface area contributed by atoms with Crippen LogP contribution in [0.5, 0.6) is 0 Å². The molecule has 1 heterocycles. The molecule has 218 valence electrons. The van der Waals surface area contributed by atoms with E-state index in [9.17, 15) is 4.79 Å². The van der Waals surface area contributed by atoms with Gasteiger partial charge in [0.2, 0.25) is 0 Å². The highest BCUT2D eigenvalue weighted by Gasteiger charge is 2.28. The summed E-state index contributed by atoms with van der Waals surface area (Å²) in [5, 5.41) is 3.09. The maximum atomic E-state index is 13.2. The first kappa shape index (κ1) is 29.5. The molecule has 1 atom stereocenters. The Balaban J connectivity index is 1.18. The number of hydrogen-bond donors (Lipinski definition) is 1. The summed E-state index contributed by atoms with van der Waals surface area (Å²) < 4.78 is 0. The molecule has 1 aliphatic heterocycles. The Kier molecular flexibility index (Phi) is 10.4. The molecule has 0 bridgehead atoms. The van der Waals surface area contributed by atoms with E-state index in [1.54, 1.807) is 0 Å². The first-order valence-electron chi connectivity index (χ1n) is 15.0. The second kappa shape index (κ2) is 14.8. The maximum absolute atomic E-state index is 13.2. The molecular formula is C36H41N3O3. The normalized spacial score (nSPS) is 14.6. The van der Waals surface area contributed by atoms with E-state index in [4.69, 9.17) is 9.78 Å². The summed E-state index contributed by atoms with van der Waals surface area (Å²) >= 11 is 0. The number of nitrogens with one attached hydrogen (secondary N) is 1. The van der Waals surface area contributed by atoms with Crippen LogP contribution in [0.3, 0.4) is 0 Å². The third kappa shape index (κ3) is 7.45. The number of likely N-dealkylation sites (N-methyl/N-ethyl adjacent to an activating group) is 1. The molecule has 1 unspecified atom stereocenters. The van der Waals surface area contributed by atoms with E-state index in [0.717, 1.165) is 49.2 Å². The zero-order valence-corrected chi connectivity index (χ0v) is 24.6. The molecule has 1 fully saturated rings. The highest BCUT2D eigenvalue weighted by Crippen LogP contribution is 2.30. The van der Waals surface area contributed by atoms with Crippen molar-refractivity contribution in [2.24, 2.45) is 0 Å². The Morgan fingerprint density at radius 2 is 1.50 bits per heavy atom. The minimum Gasteiger partial charge on any atom is -0.371 e. The minimum absolute atomic E-state index is 0.108. The lowest BCUT2D eigenvalue weighted by Crippen LogP contribution is -2.45. The van der Waals surface area contributed by atoms with Crippen LogP contribution in [-0.2, 0) is 9.78 Å². The lowest BCUT2D eigenvalue weighted by Gasteiger charge is -2.41. The summed E-state index contributed by atoms with van der Waals surface area (Å²) in [5.74, 6) is -0.108. The molecule has 0 aromatic heterocycles. The van der Waals surface area contributed by atoms with Gasteiger partial charge in [-0.25, -0.2) is 9.78 Å². The fourth-order valence-electron chi connectivity index (χ4n) is 5.67. The molecule has 4 aromatic rings. The van der Waals surface area contributed by atoms with Gasteiger partial charge in [0.1, 0.15) is 6.61 Å². The predicted molar refractivity (Wildman–Crippen MR) is 171 cm³/mol. The first-order valence-corrected chi connectivity index (χ1v) is 15.0. The van der Waals surface area contributed by atoms with Crippen LogP contribution in [0.25, 0.3) is 11.1 Å². The summed E-state index contributed by atoms with van der Waals surface area (Å²) in [4.78, 5) is 29.1. The summed E-state index contributed by atoms with van der Waals surface area (Å²) in [5.41, 5.74) is 5.82. The molecular weight excluding hydrogens is 522 g/mol. The van der Waals surface area contributed by atoms with Crippen LogP contribution >= 0.6 is 0 Å². The van der Waals surface area contributed by atoms with Gasteiger partial charge in [-0.1, -0.05) is 85.8 Å². The van der Waals surface area contributed by atoms with Gasteiger partial charge in [0, 0.05) is 36.1 Å². The van der Waals surface area contributed by atoms with Gasteiger partial charge < -0.3 is 10.2 Å². The fraction of sp³-hybridized carbons (Fsp3) is 0.306. The van der Waals surface area contributed by atoms with E-state index in [2.05, 4.69) is 65.5 Å². The molecule has 1 amide bonds. The number of anilines is 2. The fourth-order valence-corrected chi connectivity index (χ4v) is 5.67. The quantitative estimate of drug-likeness (QED) is 0.109. The Bertz CT molecular complexity index is 1390. The minimum atomic E-state index is -0.108. The van der Waals surface area contributed by atoms with Crippen molar-refractivity contribution >= 4 is 17.3 Å². The van der Waals surface area contributed by atoms with Gasteiger partial charge in [-0.15, -0.1) is 0 Å². The molecule has 0 radical (unpaired) electrons. The van der Waals surface area contributed by atoms with Crippen molar-refractivity contribution in [3.63, 3.8) is 0 Å². The topological polar surface area (TPSA) is 54.0 Å². The van der Waals surface area contributed by atoms with Gasteiger partial charge in [-0.05, 0) is 73.3 Å². The molecule has 1 N–H and O–H groups in total. The van der Waals surface area contributed by atoms with Crippen molar-refractivity contribution in [1.82, 2.24) is 4.90 Å². The number of nitrogens with zero attached hydrogens (tertiary/aromatic N) is 2. The van der Waals surface area contributed by atoms with Crippen LogP contribution in [0, 0.1) is 0 Å². The SMILES string of the molecule is CCCOOCC(c1ccccc1)N(C)C1CCN(c2ccc(NC(=O)c3ccccc3-c3ccccc3)cc2)CC1. The van der Waals surface area contributed by atoms with Crippen molar-refractivity contribution < 1.29 is 14.6 Å². The Labute approximate surface area is 249 Å².